The van der Waals surface area contributed by atoms with Crippen molar-refractivity contribution in [2.45, 2.75) is 94.0 Å². The fourth-order valence-corrected chi connectivity index (χ4v) is 7.11. The summed E-state index contributed by atoms with van der Waals surface area (Å²) in [7, 11) is 0. The molecular formula is C35H41F2N9O9. The summed E-state index contributed by atoms with van der Waals surface area (Å²) in [5.74, 6) is -7.05. The van der Waals surface area contributed by atoms with Gasteiger partial charge in [-0.3, -0.25) is 38.5 Å². The van der Waals surface area contributed by atoms with Crippen LogP contribution in [0.15, 0.2) is 58.3 Å². The molecule has 4 aliphatic rings. The number of halogens is 2. The van der Waals surface area contributed by atoms with E-state index in [1.165, 1.54) is 41.2 Å². The molecule has 0 spiro atoms. The highest BCUT2D eigenvalue weighted by atomic mass is 19.3. The number of likely N-dealkylation sites (tertiary alicyclic amines) is 2. The van der Waals surface area contributed by atoms with Crippen LogP contribution in [0, 0.1) is 0 Å². The van der Waals surface area contributed by atoms with Gasteiger partial charge in [-0.2, -0.15) is 13.8 Å². The zero-order valence-electron chi connectivity index (χ0n) is 29.7. The molecule has 55 heavy (non-hydrogen) atoms. The second-order valence-corrected chi connectivity index (χ2v) is 13.6. The predicted octanol–water partition coefficient (Wildman–Crippen LogP) is -0.503. The minimum atomic E-state index is -3.93. The van der Waals surface area contributed by atoms with E-state index in [-0.39, 0.29) is 31.7 Å². The molecular weight excluding hydrogens is 728 g/mol. The van der Waals surface area contributed by atoms with Crippen LogP contribution in [0.4, 0.5) is 14.6 Å². The number of hydrogen-bond donors (Lipinski definition) is 5. The summed E-state index contributed by atoms with van der Waals surface area (Å²) in [6.07, 6.45) is 3.01. The zero-order valence-corrected chi connectivity index (χ0v) is 29.7. The number of anilines is 1. The molecule has 0 aliphatic carbocycles. The van der Waals surface area contributed by atoms with Crippen molar-refractivity contribution in [1.29, 1.82) is 0 Å². The number of allylic oxidation sites excluding steroid dienone is 1. The number of pyridine rings is 1. The highest BCUT2D eigenvalue weighted by Gasteiger charge is 2.59. The lowest BCUT2D eigenvalue weighted by Crippen LogP contribution is -2.57. The van der Waals surface area contributed by atoms with Crippen molar-refractivity contribution in [2.75, 3.05) is 25.0 Å². The first-order valence-electron chi connectivity index (χ1n) is 17.9. The predicted molar refractivity (Wildman–Crippen MR) is 187 cm³/mol. The molecule has 4 aliphatic heterocycles. The first-order valence-corrected chi connectivity index (χ1v) is 17.9. The number of aromatic nitrogens is 3. The number of aliphatic hydroxyl groups excluding tert-OH is 2. The first kappa shape index (κ1) is 39.2. The second kappa shape index (κ2) is 16.5. The van der Waals surface area contributed by atoms with Crippen molar-refractivity contribution < 1.29 is 47.7 Å². The summed E-state index contributed by atoms with van der Waals surface area (Å²) in [6.45, 7) is 1.02. The number of carbonyl (C=O) groups excluding carboxylic acids is 5. The lowest BCUT2D eigenvalue weighted by molar-refractivity contribution is -0.143. The molecule has 2 aromatic heterocycles. The van der Waals surface area contributed by atoms with Crippen LogP contribution < -0.4 is 21.6 Å². The Morgan fingerprint density at radius 3 is 2.29 bits per heavy atom. The van der Waals surface area contributed by atoms with Crippen LogP contribution in [0.1, 0.15) is 62.0 Å². The van der Waals surface area contributed by atoms with Gasteiger partial charge in [-0.05, 0) is 50.8 Å². The molecule has 20 heteroatoms. The van der Waals surface area contributed by atoms with E-state index in [4.69, 9.17) is 4.74 Å². The minimum Gasteiger partial charge on any atom is -0.394 e. The Balaban J connectivity index is 1.12. The number of alkyl halides is 2. The number of aliphatic hydroxyl groups is 2. The van der Waals surface area contributed by atoms with Crippen LogP contribution in [0.2, 0.25) is 0 Å². The van der Waals surface area contributed by atoms with E-state index in [1.807, 2.05) is 0 Å². The van der Waals surface area contributed by atoms with Crippen molar-refractivity contribution in [3.63, 3.8) is 0 Å². The third-order valence-corrected chi connectivity index (χ3v) is 9.97. The van der Waals surface area contributed by atoms with Gasteiger partial charge in [0.05, 0.1) is 6.61 Å². The van der Waals surface area contributed by atoms with Crippen LogP contribution in [0.25, 0.3) is 0 Å². The number of nitrogens with zero attached hydrogens (tertiary/aromatic N) is 6. The standard InChI is InChI=1S/C35H41F2N9O9/c1-19(40-28(49)20-8-12-38-13-9-20)31(52)44-14-3-6-23(44)29(50)41-22(17-21-5-2-11-39-21)32(53)45-15-4-7-24(45)30(51)42-26-10-16-46(34(54)43-26)33-35(36,37)27(48)25(18-47)55-33/h5,8-13,16,19,22-25,27,33,47-48H,2-4,6-7,14-15,17-18H2,1H3,(H,40,49)(H,41,50)(H,42,43,51,54)/t19-,22+,23+,24+,25?,27?,33?/m1/s1. The maximum atomic E-state index is 14.6. The summed E-state index contributed by atoms with van der Waals surface area (Å²) in [5, 5.41) is 27.0. The highest BCUT2D eigenvalue weighted by molar-refractivity contribution is 6.00. The number of carbonyl (C=O) groups is 5. The van der Waals surface area contributed by atoms with Crippen molar-refractivity contribution >= 4 is 41.6 Å². The Kier molecular flexibility index (Phi) is 11.8. The lowest BCUT2D eigenvalue weighted by atomic mass is 10.1. The van der Waals surface area contributed by atoms with E-state index in [0.717, 1.165) is 12.3 Å². The molecule has 0 bridgehead atoms. The number of hydrogen-bond acceptors (Lipinski definition) is 12. The molecule has 5 amide bonds. The van der Waals surface area contributed by atoms with Gasteiger partial charge >= 0.3 is 11.6 Å². The summed E-state index contributed by atoms with van der Waals surface area (Å²) in [4.78, 5) is 94.8. The van der Waals surface area contributed by atoms with Gasteiger partial charge in [-0.25, -0.2) is 4.79 Å². The number of aliphatic imine (C=N–C) groups is 1. The molecule has 3 unspecified atom stereocenters. The van der Waals surface area contributed by atoms with Gasteiger partial charge in [-0.1, -0.05) is 6.08 Å². The zero-order chi connectivity index (χ0) is 39.4. The molecule has 0 radical (unpaired) electrons. The second-order valence-electron chi connectivity index (χ2n) is 13.6. The molecule has 0 saturated carbocycles. The number of rotatable bonds is 12. The minimum absolute atomic E-state index is 0.00443. The van der Waals surface area contributed by atoms with E-state index in [1.54, 1.807) is 12.3 Å². The van der Waals surface area contributed by atoms with Crippen LogP contribution in [0.5, 0.6) is 0 Å². The molecule has 294 valence electrons. The van der Waals surface area contributed by atoms with Gasteiger partial charge in [0, 0.05) is 62.0 Å². The van der Waals surface area contributed by atoms with Gasteiger partial charge in [0.25, 0.3) is 5.91 Å². The van der Waals surface area contributed by atoms with E-state index in [9.17, 15) is 47.8 Å². The molecule has 3 fully saturated rings. The summed E-state index contributed by atoms with van der Waals surface area (Å²) < 4.78 is 34.7. The fourth-order valence-electron chi connectivity index (χ4n) is 7.11. The Bertz CT molecular complexity index is 1930. The van der Waals surface area contributed by atoms with E-state index in [2.05, 4.69) is 30.9 Å². The maximum Gasteiger partial charge on any atom is 0.351 e. The molecule has 2 aromatic rings. The summed E-state index contributed by atoms with van der Waals surface area (Å²) in [6, 6.07) is -0.0201. The molecule has 0 aromatic carbocycles. The third-order valence-electron chi connectivity index (χ3n) is 9.97. The van der Waals surface area contributed by atoms with Crippen molar-refractivity contribution in [2.24, 2.45) is 4.99 Å². The largest absolute Gasteiger partial charge is 0.394 e. The van der Waals surface area contributed by atoms with Crippen LogP contribution in [-0.2, 0) is 23.9 Å². The Labute approximate surface area is 312 Å². The normalized spacial score (nSPS) is 25.3. The Morgan fingerprint density at radius 2 is 1.67 bits per heavy atom. The summed E-state index contributed by atoms with van der Waals surface area (Å²) >= 11 is 0. The van der Waals surface area contributed by atoms with Gasteiger partial charge in [0.15, 0.2) is 6.10 Å². The third kappa shape index (κ3) is 8.30. The van der Waals surface area contributed by atoms with E-state index < -0.39 is 90.4 Å². The Morgan fingerprint density at radius 1 is 1.00 bits per heavy atom. The Hall–Kier alpha value is -5.47. The molecule has 18 nitrogen and oxygen atoms in total. The monoisotopic (exact) mass is 769 g/mol. The van der Waals surface area contributed by atoms with Crippen molar-refractivity contribution in [1.82, 2.24) is 35.0 Å². The molecule has 6 rings (SSSR count). The van der Waals surface area contributed by atoms with Gasteiger partial charge in [0.2, 0.25) is 29.9 Å². The van der Waals surface area contributed by atoms with E-state index >= 15 is 0 Å². The van der Waals surface area contributed by atoms with Gasteiger partial charge in [-0.15, -0.1) is 0 Å². The topological polar surface area (TPSA) is 238 Å². The first-order chi connectivity index (χ1) is 26.3. The van der Waals surface area contributed by atoms with Crippen molar-refractivity contribution in [3.05, 3.63) is 64.6 Å². The average molecular weight is 770 g/mol. The molecule has 5 N–H and O–H groups in total. The van der Waals surface area contributed by atoms with Gasteiger partial charge < -0.3 is 40.7 Å². The fraction of sp³-hybridized carbons (Fsp3) is 0.514. The smallest absolute Gasteiger partial charge is 0.351 e. The molecule has 7 atom stereocenters. The average Bonchev–Trinajstić information content (AvgIpc) is 4.00. The number of amides is 5. The highest BCUT2D eigenvalue weighted by Crippen LogP contribution is 2.42. The quantitative estimate of drug-likeness (QED) is 0.184. The van der Waals surface area contributed by atoms with Crippen LogP contribution in [0.3, 0.4) is 0 Å². The number of nitrogens with one attached hydrogen (secondary N) is 3. The molecule has 3 saturated heterocycles. The van der Waals surface area contributed by atoms with Crippen LogP contribution in [-0.4, -0.2) is 132 Å². The molecule has 6 heterocycles. The lowest BCUT2D eigenvalue weighted by Gasteiger charge is -2.31. The maximum absolute atomic E-state index is 14.6. The number of ether oxygens (including phenoxy) is 1. The van der Waals surface area contributed by atoms with Crippen LogP contribution >= 0.6 is 0 Å². The SMILES string of the molecule is C[C@@H](NC(=O)c1ccncc1)C(=O)N1CCC[C@H]1C(=O)N[C@@H](CC1=CCC=N1)C(=O)N1CCC[C@H]1C(=O)Nc1ccn(C2OC(CO)C(O)C2(F)F)c(=O)n1. The van der Waals surface area contributed by atoms with E-state index in [0.29, 0.717) is 41.5 Å². The van der Waals surface area contributed by atoms with Gasteiger partial charge in [0.1, 0.15) is 36.1 Å². The van der Waals surface area contributed by atoms with Crippen molar-refractivity contribution in [3.8, 4) is 0 Å². The summed E-state index contributed by atoms with van der Waals surface area (Å²) in [5.41, 5.74) is -0.371.